The average molecular weight is 275 g/mol. The van der Waals surface area contributed by atoms with Gasteiger partial charge in [-0.3, -0.25) is 4.79 Å². The van der Waals surface area contributed by atoms with Gasteiger partial charge in [0, 0.05) is 4.47 Å². The third kappa shape index (κ3) is 3.21. The molecule has 0 aliphatic carbocycles. The molecule has 1 atom stereocenters. The summed E-state index contributed by atoms with van der Waals surface area (Å²) in [5.41, 5.74) is 0.459. The molecule has 0 bridgehead atoms. The number of carbonyl (C=O) groups is 1. The maximum Gasteiger partial charge on any atom is 0.308 e. The Hall–Kier alpha value is -1.07. The van der Waals surface area contributed by atoms with E-state index in [1.54, 1.807) is 6.07 Å². The summed E-state index contributed by atoms with van der Waals surface area (Å²) < 4.78 is 5.07. The van der Waals surface area contributed by atoms with Crippen LogP contribution in [0.2, 0.25) is 0 Å². The molecule has 0 radical (unpaired) electrons. The lowest BCUT2D eigenvalue weighted by Gasteiger charge is -2.11. The molecule has 0 aliphatic rings. The topological polar surface area (TPSA) is 66.8 Å². The van der Waals surface area contributed by atoms with E-state index in [0.717, 1.165) is 0 Å². The van der Waals surface area contributed by atoms with Gasteiger partial charge in [-0.25, -0.2) is 0 Å². The van der Waals surface area contributed by atoms with E-state index < -0.39 is 12.1 Å². The van der Waals surface area contributed by atoms with Crippen LogP contribution < -0.4 is 0 Å². The Balaban J connectivity index is 2.85. The Bertz CT molecular complexity index is 364. The second-order valence-electron chi connectivity index (χ2n) is 3.00. The zero-order chi connectivity index (χ0) is 11.4. The van der Waals surface area contributed by atoms with Gasteiger partial charge >= 0.3 is 5.97 Å². The Labute approximate surface area is 95.6 Å². The first-order valence-corrected chi connectivity index (χ1v) is 5.07. The van der Waals surface area contributed by atoms with E-state index in [1.165, 1.54) is 19.2 Å². The van der Waals surface area contributed by atoms with Gasteiger partial charge in [-0.2, -0.15) is 0 Å². The van der Waals surface area contributed by atoms with Gasteiger partial charge in [0.15, 0.2) is 0 Å². The monoisotopic (exact) mass is 274 g/mol. The Kier molecular flexibility index (Phi) is 4.11. The molecule has 82 valence electrons. The normalized spacial score (nSPS) is 12.2. The molecule has 1 rings (SSSR count). The van der Waals surface area contributed by atoms with E-state index in [1.807, 2.05) is 0 Å². The van der Waals surface area contributed by atoms with Gasteiger partial charge < -0.3 is 14.9 Å². The highest BCUT2D eigenvalue weighted by molar-refractivity contribution is 9.10. The number of aliphatic hydroxyl groups is 1. The SMILES string of the molecule is COC(=O)C[C@@H](O)c1cc(O)ccc1Br. The number of aliphatic hydroxyl groups excluding tert-OH is 1. The number of esters is 1. The van der Waals surface area contributed by atoms with E-state index in [0.29, 0.717) is 10.0 Å². The fraction of sp³-hybridized carbons (Fsp3) is 0.300. The summed E-state index contributed by atoms with van der Waals surface area (Å²) in [6, 6.07) is 4.49. The summed E-state index contributed by atoms with van der Waals surface area (Å²) in [5.74, 6) is -0.463. The summed E-state index contributed by atoms with van der Waals surface area (Å²) in [6.45, 7) is 0. The van der Waals surface area contributed by atoms with Crippen LogP contribution in [0.4, 0.5) is 0 Å². The predicted molar refractivity (Wildman–Crippen MR) is 57.4 cm³/mol. The molecule has 0 spiro atoms. The van der Waals surface area contributed by atoms with Crippen LogP contribution in [0.1, 0.15) is 18.1 Å². The molecule has 0 heterocycles. The number of halogens is 1. The highest BCUT2D eigenvalue weighted by atomic mass is 79.9. The van der Waals surface area contributed by atoms with Crippen LogP contribution >= 0.6 is 15.9 Å². The van der Waals surface area contributed by atoms with Crippen molar-refractivity contribution >= 4 is 21.9 Å². The summed E-state index contributed by atoms with van der Waals surface area (Å²) in [5, 5.41) is 18.9. The zero-order valence-corrected chi connectivity index (χ0v) is 9.69. The van der Waals surface area contributed by atoms with Crippen molar-refractivity contribution in [3.05, 3.63) is 28.2 Å². The van der Waals surface area contributed by atoms with E-state index in [-0.39, 0.29) is 12.2 Å². The molecule has 1 aromatic rings. The van der Waals surface area contributed by atoms with Crippen LogP contribution in [0.25, 0.3) is 0 Å². The number of phenols is 1. The standard InChI is InChI=1S/C10H11BrO4/c1-15-10(14)5-9(13)7-4-6(12)2-3-8(7)11/h2-4,9,12-13H,5H2,1H3/t9-/m1/s1. The molecule has 0 aromatic heterocycles. The molecule has 4 nitrogen and oxygen atoms in total. The third-order valence-corrected chi connectivity index (χ3v) is 2.65. The van der Waals surface area contributed by atoms with Gasteiger partial charge in [-0.15, -0.1) is 0 Å². The second kappa shape index (κ2) is 5.14. The number of aromatic hydroxyl groups is 1. The molecular formula is C10H11BrO4. The van der Waals surface area contributed by atoms with Crippen molar-refractivity contribution in [3.63, 3.8) is 0 Å². The predicted octanol–water partition coefficient (Wildman–Crippen LogP) is 1.75. The fourth-order valence-electron chi connectivity index (χ4n) is 1.14. The number of benzene rings is 1. The van der Waals surface area contributed by atoms with Gasteiger partial charge in [0.2, 0.25) is 0 Å². The molecule has 15 heavy (non-hydrogen) atoms. The number of hydrogen-bond donors (Lipinski definition) is 2. The third-order valence-electron chi connectivity index (χ3n) is 1.93. The van der Waals surface area contributed by atoms with Crippen molar-refractivity contribution in [2.75, 3.05) is 7.11 Å². The van der Waals surface area contributed by atoms with Crippen LogP contribution in [0.3, 0.4) is 0 Å². The van der Waals surface area contributed by atoms with Gasteiger partial charge in [0.25, 0.3) is 0 Å². The molecule has 1 aromatic carbocycles. The zero-order valence-electron chi connectivity index (χ0n) is 8.11. The average Bonchev–Trinajstić information content (AvgIpc) is 2.21. The first kappa shape index (κ1) is 12.0. The number of carbonyl (C=O) groups excluding carboxylic acids is 1. The lowest BCUT2D eigenvalue weighted by Crippen LogP contribution is -2.08. The number of rotatable bonds is 3. The summed E-state index contributed by atoms with van der Waals surface area (Å²) in [6.07, 6.45) is -1.13. The smallest absolute Gasteiger partial charge is 0.308 e. The van der Waals surface area contributed by atoms with Crippen LogP contribution in [-0.4, -0.2) is 23.3 Å². The van der Waals surface area contributed by atoms with Gasteiger partial charge in [0.05, 0.1) is 19.6 Å². The molecule has 0 amide bonds. The molecular weight excluding hydrogens is 264 g/mol. The molecule has 0 saturated carbocycles. The maximum atomic E-state index is 10.9. The Morgan fingerprint density at radius 3 is 2.87 bits per heavy atom. The molecule has 0 aliphatic heterocycles. The maximum absolute atomic E-state index is 10.9. The Morgan fingerprint density at radius 1 is 1.60 bits per heavy atom. The Morgan fingerprint density at radius 2 is 2.27 bits per heavy atom. The highest BCUT2D eigenvalue weighted by Gasteiger charge is 2.16. The lowest BCUT2D eigenvalue weighted by molar-refractivity contribution is -0.142. The van der Waals surface area contributed by atoms with Crippen LogP contribution in [0.15, 0.2) is 22.7 Å². The van der Waals surface area contributed by atoms with Crippen molar-refractivity contribution in [1.29, 1.82) is 0 Å². The summed E-state index contributed by atoms with van der Waals surface area (Å²) >= 11 is 3.22. The minimum absolute atomic E-state index is 0.0390. The minimum Gasteiger partial charge on any atom is -0.508 e. The lowest BCUT2D eigenvalue weighted by atomic mass is 10.1. The number of ether oxygens (including phenoxy) is 1. The van der Waals surface area contributed by atoms with E-state index in [2.05, 4.69) is 20.7 Å². The van der Waals surface area contributed by atoms with E-state index >= 15 is 0 Å². The molecule has 2 N–H and O–H groups in total. The summed E-state index contributed by atoms with van der Waals surface area (Å²) in [4.78, 5) is 10.9. The first-order valence-electron chi connectivity index (χ1n) is 4.28. The van der Waals surface area contributed by atoms with Gasteiger partial charge in [0.1, 0.15) is 5.75 Å². The quantitative estimate of drug-likeness (QED) is 0.825. The second-order valence-corrected chi connectivity index (χ2v) is 3.86. The number of phenolic OH excluding ortho intramolecular Hbond substituents is 1. The van der Waals surface area contributed by atoms with Crippen LogP contribution in [0.5, 0.6) is 5.75 Å². The molecule has 0 saturated heterocycles. The highest BCUT2D eigenvalue weighted by Crippen LogP contribution is 2.29. The van der Waals surface area contributed by atoms with Crippen molar-refractivity contribution in [2.45, 2.75) is 12.5 Å². The number of hydrogen-bond acceptors (Lipinski definition) is 4. The van der Waals surface area contributed by atoms with Crippen LogP contribution in [0, 0.1) is 0 Å². The van der Waals surface area contributed by atoms with Crippen molar-refractivity contribution < 1.29 is 19.7 Å². The fourth-order valence-corrected chi connectivity index (χ4v) is 1.65. The van der Waals surface area contributed by atoms with E-state index in [4.69, 9.17) is 0 Å². The summed E-state index contributed by atoms with van der Waals surface area (Å²) in [7, 11) is 1.26. The first-order chi connectivity index (χ1) is 7.04. The van der Waals surface area contributed by atoms with Crippen molar-refractivity contribution in [2.24, 2.45) is 0 Å². The van der Waals surface area contributed by atoms with Crippen LogP contribution in [-0.2, 0) is 9.53 Å². The van der Waals surface area contributed by atoms with E-state index in [9.17, 15) is 15.0 Å². The van der Waals surface area contributed by atoms with Crippen molar-refractivity contribution in [1.82, 2.24) is 0 Å². The van der Waals surface area contributed by atoms with Gasteiger partial charge in [-0.05, 0) is 23.8 Å². The van der Waals surface area contributed by atoms with Crippen molar-refractivity contribution in [3.8, 4) is 5.75 Å². The molecule has 5 heteroatoms. The molecule has 0 unspecified atom stereocenters. The minimum atomic E-state index is -0.987. The molecule has 0 fully saturated rings. The largest absolute Gasteiger partial charge is 0.508 e. The van der Waals surface area contributed by atoms with Gasteiger partial charge in [-0.1, -0.05) is 15.9 Å². The number of methoxy groups -OCH3 is 1.